The number of hydrogen-bond donors (Lipinski definition) is 0. The zero-order chi connectivity index (χ0) is 24.6. The Labute approximate surface area is 206 Å². The molecule has 3 rings (SSSR count). The Kier molecular flexibility index (Phi) is 9.77. The zero-order valence-corrected chi connectivity index (χ0v) is 22.5. The first kappa shape index (κ1) is 26.5. The van der Waals surface area contributed by atoms with E-state index in [2.05, 4.69) is 52.8 Å². The maximum Gasteiger partial charge on any atom is 0.344 e. The van der Waals surface area contributed by atoms with Gasteiger partial charge in [0.1, 0.15) is 18.1 Å². The molecular weight excluding hydrogens is 444 g/mol. The predicted molar refractivity (Wildman–Crippen MR) is 139 cm³/mol. The lowest BCUT2D eigenvalue weighted by molar-refractivity contribution is 0.00687. The van der Waals surface area contributed by atoms with Crippen LogP contribution >= 0.6 is 0 Å². The van der Waals surface area contributed by atoms with E-state index in [0.29, 0.717) is 30.9 Å². The monoisotopic (exact) mass is 484 g/mol. The molecule has 1 heterocycles. The van der Waals surface area contributed by atoms with Gasteiger partial charge in [0.2, 0.25) is 0 Å². The van der Waals surface area contributed by atoms with E-state index in [-0.39, 0.29) is 12.2 Å². The molecule has 0 spiro atoms. The number of benzene rings is 2. The summed E-state index contributed by atoms with van der Waals surface area (Å²) in [6, 6.07) is 17.9. The molecule has 2 aromatic carbocycles. The Morgan fingerprint density at radius 3 is 2.15 bits per heavy atom. The molecule has 0 amide bonds. The van der Waals surface area contributed by atoms with Crippen LogP contribution in [0.1, 0.15) is 46.6 Å². The van der Waals surface area contributed by atoms with E-state index in [1.54, 1.807) is 7.11 Å². The van der Waals surface area contributed by atoms with Crippen LogP contribution in [0.15, 0.2) is 66.2 Å². The standard InChI is InChI=1S/C28H40O5Si/c1-21(2)34(22(3)4)32-27(19-31-26-16-14-25(29-6)15-17-26)13-12-23(5)28(33-34)20-30-18-24-10-8-7-9-11-24/h7-12,14-17,21-22,27-28H,13,18-20H2,1-6H3/b23-12-/t27-,28-/m0/s1. The highest BCUT2D eigenvalue weighted by atomic mass is 28.4. The smallest absolute Gasteiger partial charge is 0.344 e. The van der Waals surface area contributed by atoms with Gasteiger partial charge in [-0.05, 0) is 59.8 Å². The summed E-state index contributed by atoms with van der Waals surface area (Å²) < 4.78 is 31.2. The molecular formula is C28H40O5Si. The largest absolute Gasteiger partial charge is 0.497 e. The number of hydrogen-bond acceptors (Lipinski definition) is 5. The summed E-state index contributed by atoms with van der Waals surface area (Å²) in [5, 5.41) is 0. The van der Waals surface area contributed by atoms with Gasteiger partial charge in [0, 0.05) is 0 Å². The van der Waals surface area contributed by atoms with Gasteiger partial charge in [-0.1, -0.05) is 64.1 Å². The third-order valence-corrected chi connectivity index (χ3v) is 10.9. The van der Waals surface area contributed by atoms with Crippen molar-refractivity contribution in [1.29, 1.82) is 0 Å². The third kappa shape index (κ3) is 6.95. The second kappa shape index (κ2) is 12.5. The maximum atomic E-state index is 6.92. The van der Waals surface area contributed by atoms with Gasteiger partial charge in [0.15, 0.2) is 0 Å². The Hall–Kier alpha value is -2.12. The van der Waals surface area contributed by atoms with Crippen molar-refractivity contribution in [3.63, 3.8) is 0 Å². The van der Waals surface area contributed by atoms with E-state index >= 15 is 0 Å². The van der Waals surface area contributed by atoms with Crippen LogP contribution in [0.4, 0.5) is 0 Å². The Morgan fingerprint density at radius 2 is 1.53 bits per heavy atom. The molecule has 0 bridgehead atoms. The van der Waals surface area contributed by atoms with Crippen LogP contribution in [-0.2, 0) is 20.2 Å². The molecule has 0 unspecified atom stereocenters. The van der Waals surface area contributed by atoms with E-state index in [1.165, 1.54) is 5.57 Å². The van der Waals surface area contributed by atoms with Crippen LogP contribution < -0.4 is 9.47 Å². The van der Waals surface area contributed by atoms with Gasteiger partial charge >= 0.3 is 8.56 Å². The van der Waals surface area contributed by atoms with Crippen molar-refractivity contribution in [3.05, 3.63) is 71.8 Å². The summed E-state index contributed by atoms with van der Waals surface area (Å²) in [6.07, 6.45) is 2.83. The van der Waals surface area contributed by atoms with Gasteiger partial charge in [-0.15, -0.1) is 0 Å². The maximum absolute atomic E-state index is 6.92. The summed E-state index contributed by atoms with van der Waals surface area (Å²) in [5.41, 5.74) is 2.94. The second-order valence-corrected chi connectivity index (χ2v) is 13.8. The molecule has 1 aliphatic heterocycles. The molecule has 0 radical (unpaired) electrons. The Morgan fingerprint density at radius 1 is 0.882 bits per heavy atom. The molecule has 0 saturated carbocycles. The van der Waals surface area contributed by atoms with Crippen molar-refractivity contribution in [3.8, 4) is 11.5 Å². The molecule has 186 valence electrons. The topological polar surface area (TPSA) is 46.2 Å². The molecule has 5 nitrogen and oxygen atoms in total. The SMILES string of the molecule is COc1ccc(OC[C@@H]2C/C=C(/C)[C@H](COCc3ccccc3)O[Si](C(C)C)(C(C)C)O2)cc1. The zero-order valence-electron chi connectivity index (χ0n) is 21.5. The van der Waals surface area contributed by atoms with Crippen molar-refractivity contribution < 1.29 is 23.1 Å². The molecule has 34 heavy (non-hydrogen) atoms. The minimum atomic E-state index is -2.59. The fourth-order valence-corrected chi connectivity index (χ4v) is 8.16. The molecule has 2 atom stereocenters. The van der Waals surface area contributed by atoms with Crippen molar-refractivity contribution in [1.82, 2.24) is 0 Å². The van der Waals surface area contributed by atoms with E-state index in [4.69, 9.17) is 23.1 Å². The summed E-state index contributed by atoms with van der Waals surface area (Å²) in [7, 11) is -0.929. The van der Waals surface area contributed by atoms with Crippen LogP contribution in [0.25, 0.3) is 0 Å². The minimum Gasteiger partial charge on any atom is -0.497 e. The van der Waals surface area contributed by atoms with Crippen molar-refractivity contribution in [2.24, 2.45) is 0 Å². The lowest BCUT2D eigenvalue weighted by Crippen LogP contribution is -2.55. The van der Waals surface area contributed by atoms with Crippen molar-refractivity contribution in [2.45, 2.75) is 70.9 Å². The van der Waals surface area contributed by atoms with Gasteiger partial charge in [-0.25, -0.2) is 0 Å². The number of methoxy groups -OCH3 is 1. The second-order valence-electron chi connectivity index (χ2n) is 9.55. The summed E-state index contributed by atoms with van der Waals surface area (Å²) >= 11 is 0. The number of ether oxygens (including phenoxy) is 3. The molecule has 6 heteroatoms. The average molecular weight is 485 g/mol. The fourth-order valence-electron chi connectivity index (χ4n) is 4.30. The van der Waals surface area contributed by atoms with Crippen LogP contribution in [-0.4, -0.2) is 41.1 Å². The molecule has 0 fully saturated rings. The van der Waals surface area contributed by atoms with Crippen molar-refractivity contribution >= 4 is 8.56 Å². The van der Waals surface area contributed by atoms with E-state index in [1.807, 2.05) is 42.5 Å². The van der Waals surface area contributed by atoms with Gasteiger partial charge in [0.25, 0.3) is 0 Å². The van der Waals surface area contributed by atoms with Gasteiger partial charge < -0.3 is 23.1 Å². The van der Waals surface area contributed by atoms with Crippen molar-refractivity contribution in [2.75, 3.05) is 20.3 Å². The first-order chi connectivity index (χ1) is 16.3. The lowest BCUT2D eigenvalue weighted by atomic mass is 10.1. The van der Waals surface area contributed by atoms with Crippen LogP contribution in [0.2, 0.25) is 11.1 Å². The molecule has 1 aliphatic rings. The Balaban J connectivity index is 1.72. The van der Waals surface area contributed by atoms with Gasteiger partial charge in [-0.3, -0.25) is 0 Å². The quantitative estimate of drug-likeness (QED) is 0.278. The van der Waals surface area contributed by atoms with E-state index in [9.17, 15) is 0 Å². The highest BCUT2D eigenvalue weighted by molar-refractivity contribution is 6.70. The molecule has 0 aromatic heterocycles. The molecule has 0 N–H and O–H groups in total. The van der Waals surface area contributed by atoms with Gasteiger partial charge in [0.05, 0.1) is 32.5 Å². The summed E-state index contributed by atoms with van der Waals surface area (Å²) in [6.45, 7) is 12.6. The summed E-state index contributed by atoms with van der Waals surface area (Å²) in [4.78, 5) is 0. The van der Waals surface area contributed by atoms with Gasteiger partial charge in [-0.2, -0.15) is 0 Å². The van der Waals surface area contributed by atoms with Crippen LogP contribution in [0.5, 0.6) is 11.5 Å². The predicted octanol–water partition coefficient (Wildman–Crippen LogP) is 6.67. The lowest BCUT2D eigenvalue weighted by Gasteiger charge is -2.44. The third-order valence-electron chi connectivity index (χ3n) is 6.37. The molecule has 0 aliphatic carbocycles. The summed E-state index contributed by atoms with van der Waals surface area (Å²) in [5.74, 6) is 1.62. The fraction of sp³-hybridized carbons (Fsp3) is 0.500. The van der Waals surface area contributed by atoms with Crippen LogP contribution in [0.3, 0.4) is 0 Å². The highest BCUT2D eigenvalue weighted by Gasteiger charge is 2.49. The van der Waals surface area contributed by atoms with Crippen LogP contribution in [0, 0.1) is 0 Å². The Bertz CT molecular complexity index is 887. The van der Waals surface area contributed by atoms with E-state index < -0.39 is 8.56 Å². The normalized spacial score (nSPS) is 22.1. The highest BCUT2D eigenvalue weighted by Crippen LogP contribution is 2.39. The molecule has 2 aromatic rings. The first-order valence-electron chi connectivity index (χ1n) is 12.2. The first-order valence-corrected chi connectivity index (χ1v) is 14.2. The van der Waals surface area contributed by atoms with E-state index in [0.717, 1.165) is 23.5 Å². The minimum absolute atomic E-state index is 0.0697. The average Bonchev–Trinajstić information content (AvgIpc) is 2.83. The molecule has 0 saturated heterocycles. The number of rotatable bonds is 10.